The van der Waals surface area contributed by atoms with Crippen LogP contribution in [0.2, 0.25) is 0 Å². The van der Waals surface area contributed by atoms with Crippen LogP contribution in [0.25, 0.3) is 0 Å². The van der Waals surface area contributed by atoms with Crippen LogP contribution in [0, 0.1) is 5.92 Å². The molecule has 0 fully saturated rings. The molecular formula is C12H25N5O2S2. The van der Waals surface area contributed by atoms with Gasteiger partial charge in [-0.15, -0.1) is 5.10 Å². The molecule has 0 spiro atoms. The molecule has 0 bridgehead atoms. The molecule has 0 unspecified atom stereocenters. The molecule has 7 nitrogen and oxygen atoms in total. The summed E-state index contributed by atoms with van der Waals surface area (Å²) in [6.45, 7) is 8.51. The number of nitrogens with zero attached hydrogens (tertiary/aromatic N) is 4. The third-order valence-electron chi connectivity index (χ3n) is 2.82. The minimum Gasteiger partial charge on any atom is -0.315 e. The molecule has 1 aromatic heterocycles. The van der Waals surface area contributed by atoms with Gasteiger partial charge in [0.15, 0.2) is 0 Å². The predicted molar refractivity (Wildman–Crippen MR) is 85.2 cm³/mol. The highest BCUT2D eigenvalue weighted by Crippen LogP contribution is 2.14. The van der Waals surface area contributed by atoms with Crippen LogP contribution in [0.1, 0.15) is 27.2 Å². The summed E-state index contributed by atoms with van der Waals surface area (Å²) >= 11 is 1.50. The largest absolute Gasteiger partial charge is 0.315 e. The quantitative estimate of drug-likeness (QED) is 0.473. The van der Waals surface area contributed by atoms with Crippen molar-refractivity contribution in [1.29, 1.82) is 0 Å². The Morgan fingerprint density at radius 3 is 2.81 bits per heavy atom. The molecule has 0 aromatic carbocycles. The van der Waals surface area contributed by atoms with Gasteiger partial charge in [-0.1, -0.05) is 32.5 Å². The average molecular weight is 335 g/mol. The molecule has 0 aliphatic rings. The number of thioether (sulfide) groups is 1. The fourth-order valence-corrected chi connectivity index (χ4v) is 3.50. The Hall–Kier alpha value is -0.670. The molecule has 1 N–H and O–H groups in total. The highest BCUT2D eigenvalue weighted by molar-refractivity contribution is 7.99. The zero-order valence-corrected chi connectivity index (χ0v) is 14.6. The van der Waals surface area contributed by atoms with Crippen molar-refractivity contribution in [3.05, 3.63) is 0 Å². The van der Waals surface area contributed by atoms with Crippen molar-refractivity contribution in [1.82, 2.24) is 25.5 Å². The van der Waals surface area contributed by atoms with Crippen LogP contribution in [0.3, 0.4) is 0 Å². The Morgan fingerprint density at radius 2 is 2.14 bits per heavy atom. The minimum absolute atomic E-state index is 0.205. The number of nitrogens with one attached hydrogen (secondary N) is 1. The van der Waals surface area contributed by atoms with Gasteiger partial charge in [0.05, 0.1) is 12.3 Å². The van der Waals surface area contributed by atoms with Gasteiger partial charge in [-0.2, -0.15) is 0 Å². The van der Waals surface area contributed by atoms with E-state index in [2.05, 4.69) is 34.7 Å². The first kappa shape index (κ1) is 18.4. The molecule has 0 saturated carbocycles. The van der Waals surface area contributed by atoms with Crippen molar-refractivity contribution in [2.45, 2.75) is 38.9 Å². The Bertz CT molecular complexity index is 502. The van der Waals surface area contributed by atoms with Crippen molar-refractivity contribution in [2.75, 3.05) is 30.3 Å². The van der Waals surface area contributed by atoms with Gasteiger partial charge in [-0.3, -0.25) is 0 Å². The molecule has 21 heavy (non-hydrogen) atoms. The fourth-order valence-electron chi connectivity index (χ4n) is 1.60. The molecule has 0 atom stereocenters. The van der Waals surface area contributed by atoms with Crippen molar-refractivity contribution in [2.24, 2.45) is 5.92 Å². The third-order valence-corrected chi connectivity index (χ3v) is 5.66. The molecule has 122 valence electrons. The number of hydrogen-bond acceptors (Lipinski definition) is 7. The molecule has 1 aromatic rings. The molecule has 1 rings (SSSR count). The summed E-state index contributed by atoms with van der Waals surface area (Å²) in [6, 6.07) is 0. The number of aromatic nitrogens is 4. The van der Waals surface area contributed by atoms with Gasteiger partial charge < -0.3 is 5.32 Å². The summed E-state index contributed by atoms with van der Waals surface area (Å²) in [5.74, 6) is 1.76. The van der Waals surface area contributed by atoms with E-state index in [1.165, 1.54) is 11.8 Å². The third kappa shape index (κ3) is 7.77. The predicted octanol–water partition coefficient (Wildman–Crippen LogP) is 0.836. The average Bonchev–Trinajstić information content (AvgIpc) is 2.87. The molecule has 0 amide bonds. The number of hydrogen-bond donors (Lipinski definition) is 1. The summed E-state index contributed by atoms with van der Waals surface area (Å²) in [7, 11) is -2.88. The highest BCUT2D eigenvalue weighted by atomic mass is 32.2. The monoisotopic (exact) mass is 335 g/mol. The van der Waals surface area contributed by atoms with E-state index in [-0.39, 0.29) is 11.5 Å². The van der Waals surface area contributed by atoms with Gasteiger partial charge in [-0.25, -0.2) is 13.1 Å². The molecule has 0 aliphatic carbocycles. The standard InChI is InChI=1S/C12H25N5O2S2/c1-4-21(18,19)9-5-8-20-12-14-15-16-17(12)7-6-13-10-11(2)3/h11,13H,4-10H2,1-3H3. The lowest BCUT2D eigenvalue weighted by Gasteiger charge is -2.08. The SMILES string of the molecule is CCS(=O)(=O)CCCSc1nnnn1CCNCC(C)C. The minimum atomic E-state index is -2.88. The van der Waals surface area contributed by atoms with Crippen molar-refractivity contribution in [3.8, 4) is 0 Å². The molecule has 0 saturated heterocycles. The van der Waals surface area contributed by atoms with Crippen molar-refractivity contribution in [3.63, 3.8) is 0 Å². The lowest BCUT2D eigenvalue weighted by molar-refractivity contribution is 0.482. The van der Waals surface area contributed by atoms with E-state index in [1.807, 2.05) is 0 Å². The maximum Gasteiger partial charge on any atom is 0.209 e. The molecule has 0 radical (unpaired) electrons. The smallest absolute Gasteiger partial charge is 0.209 e. The first-order chi connectivity index (χ1) is 9.94. The van der Waals surface area contributed by atoms with Gasteiger partial charge in [0.2, 0.25) is 5.16 Å². The van der Waals surface area contributed by atoms with Crippen LogP contribution < -0.4 is 5.32 Å². The zero-order valence-electron chi connectivity index (χ0n) is 12.9. The topological polar surface area (TPSA) is 89.8 Å². The maximum absolute atomic E-state index is 11.4. The zero-order chi connectivity index (χ0) is 15.7. The molecule has 1 heterocycles. The lowest BCUT2D eigenvalue weighted by atomic mass is 10.2. The Kier molecular flexibility index (Phi) is 8.20. The Labute approximate surface area is 131 Å². The first-order valence-corrected chi connectivity index (χ1v) is 10.1. The summed E-state index contributed by atoms with van der Waals surface area (Å²) < 4.78 is 24.5. The van der Waals surface area contributed by atoms with E-state index in [9.17, 15) is 8.42 Å². The lowest BCUT2D eigenvalue weighted by Crippen LogP contribution is -2.24. The van der Waals surface area contributed by atoms with Crippen molar-refractivity contribution < 1.29 is 8.42 Å². The van der Waals surface area contributed by atoms with E-state index in [1.54, 1.807) is 11.6 Å². The van der Waals surface area contributed by atoms with Crippen LogP contribution in [0.5, 0.6) is 0 Å². The van der Waals surface area contributed by atoms with Gasteiger partial charge >= 0.3 is 0 Å². The summed E-state index contributed by atoms with van der Waals surface area (Å²) in [6.07, 6.45) is 0.624. The second-order valence-corrected chi connectivity index (χ2v) is 8.76. The van der Waals surface area contributed by atoms with Crippen LogP contribution >= 0.6 is 11.8 Å². The van der Waals surface area contributed by atoms with Crippen LogP contribution in [0.4, 0.5) is 0 Å². The van der Waals surface area contributed by atoms with Crippen LogP contribution in [-0.4, -0.2) is 59.0 Å². The van der Waals surface area contributed by atoms with E-state index in [0.717, 1.165) is 24.8 Å². The van der Waals surface area contributed by atoms with Gasteiger partial charge in [0.1, 0.15) is 9.84 Å². The molecular weight excluding hydrogens is 310 g/mol. The molecule has 9 heteroatoms. The normalized spacial score (nSPS) is 12.2. The summed E-state index contributed by atoms with van der Waals surface area (Å²) in [5, 5.41) is 15.7. The second kappa shape index (κ2) is 9.37. The number of tetrazole rings is 1. The van der Waals surface area contributed by atoms with Crippen LogP contribution in [0.15, 0.2) is 5.16 Å². The Balaban J connectivity index is 2.28. The number of sulfone groups is 1. The van der Waals surface area contributed by atoms with E-state index in [0.29, 0.717) is 18.1 Å². The van der Waals surface area contributed by atoms with E-state index >= 15 is 0 Å². The van der Waals surface area contributed by atoms with Crippen LogP contribution in [-0.2, 0) is 16.4 Å². The van der Waals surface area contributed by atoms with Gasteiger partial charge in [0.25, 0.3) is 0 Å². The summed E-state index contributed by atoms with van der Waals surface area (Å²) in [4.78, 5) is 0. The Morgan fingerprint density at radius 1 is 1.38 bits per heavy atom. The fraction of sp³-hybridized carbons (Fsp3) is 0.917. The van der Waals surface area contributed by atoms with E-state index in [4.69, 9.17) is 0 Å². The first-order valence-electron chi connectivity index (χ1n) is 7.24. The van der Waals surface area contributed by atoms with Crippen molar-refractivity contribution >= 4 is 21.6 Å². The van der Waals surface area contributed by atoms with Gasteiger partial charge in [0, 0.05) is 18.1 Å². The maximum atomic E-state index is 11.4. The van der Waals surface area contributed by atoms with Gasteiger partial charge in [-0.05, 0) is 29.3 Å². The van der Waals surface area contributed by atoms with E-state index < -0.39 is 9.84 Å². The second-order valence-electron chi connectivity index (χ2n) is 5.22. The summed E-state index contributed by atoms with van der Waals surface area (Å²) in [5.41, 5.74) is 0. The molecule has 0 aliphatic heterocycles. The number of rotatable bonds is 11. The highest BCUT2D eigenvalue weighted by Gasteiger charge is 2.09.